The van der Waals surface area contributed by atoms with Crippen LogP contribution in [0, 0.1) is 0 Å². The van der Waals surface area contributed by atoms with Crippen LogP contribution in [0.1, 0.15) is 31.7 Å². The van der Waals surface area contributed by atoms with Crippen LogP contribution in [-0.4, -0.2) is 44.2 Å². The third-order valence-corrected chi connectivity index (χ3v) is 4.97. The van der Waals surface area contributed by atoms with E-state index in [4.69, 9.17) is 17.3 Å². The third-order valence-electron chi connectivity index (χ3n) is 4.62. The zero-order chi connectivity index (χ0) is 15.4. The normalized spacial score (nSPS) is 18.3. The highest BCUT2D eigenvalue weighted by Gasteiger charge is 2.23. The van der Waals surface area contributed by atoms with E-state index >= 15 is 0 Å². The first-order valence-corrected chi connectivity index (χ1v) is 8.35. The zero-order valence-corrected chi connectivity index (χ0v) is 14.2. The summed E-state index contributed by atoms with van der Waals surface area (Å²) in [6.07, 6.45) is 4.25. The first-order valence-electron chi connectivity index (χ1n) is 7.97. The monoisotopic (exact) mass is 309 g/mol. The van der Waals surface area contributed by atoms with Crippen LogP contribution in [0.15, 0.2) is 18.2 Å². The molecule has 3 nitrogen and oxygen atoms in total. The molecule has 1 heterocycles. The van der Waals surface area contributed by atoms with E-state index in [0.29, 0.717) is 6.04 Å². The van der Waals surface area contributed by atoms with Crippen molar-refractivity contribution < 1.29 is 0 Å². The average Bonchev–Trinajstić information content (AvgIpc) is 2.49. The molecule has 0 aromatic heterocycles. The summed E-state index contributed by atoms with van der Waals surface area (Å²) in [7, 11) is 4.34. The van der Waals surface area contributed by atoms with Crippen molar-refractivity contribution in [1.82, 2.24) is 4.90 Å². The Morgan fingerprint density at radius 1 is 1.33 bits per heavy atom. The molecule has 0 saturated carbocycles. The molecule has 118 valence electrons. The summed E-state index contributed by atoms with van der Waals surface area (Å²) in [5, 5.41) is 0.853. The topological polar surface area (TPSA) is 32.5 Å². The van der Waals surface area contributed by atoms with Crippen molar-refractivity contribution in [3.63, 3.8) is 0 Å². The van der Waals surface area contributed by atoms with E-state index in [1.807, 2.05) is 6.07 Å². The van der Waals surface area contributed by atoms with Crippen LogP contribution in [0.3, 0.4) is 0 Å². The maximum absolute atomic E-state index is 6.44. The van der Waals surface area contributed by atoms with E-state index < -0.39 is 0 Å². The highest BCUT2D eigenvalue weighted by Crippen LogP contribution is 2.31. The van der Waals surface area contributed by atoms with Gasteiger partial charge < -0.3 is 15.5 Å². The fourth-order valence-electron chi connectivity index (χ4n) is 3.08. The summed E-state index contributed by atoms with van der Waals surface area (Å²) in [6.45, 7) is 4.32. The molecule has 4 heteroatoms. The van der Waals surface area contributed by atoms with E-state index in [-0.39, 0.29) is 6.04 Å². The molecule has 1 unspecified atom stereocenters. The maximum atomic E-state index is 6.44. The summed E-state index contributed by atoms with van der Waals surface area (Å²) >= 11 is 6.44. The molecule has 0 aliphatic carbocycles. The van der Waals surface area contributed by atoms with Crippen molar-refractivity contribution in [2.75, 3.05) is 32.1 Å². The van der Waals surface area contributed by atoms with Crippen molar-refractivity contribution in [3.05, 3.63) is 28.8 Å². The smallest absolute Gasteiger partial charge is 0.0459 e. The Bertz CT molecular complexity index is 453. The molecule has 2 N–H and O–H groups in total. The Morgan fingerprint density at radius 2 is 2.00 bits per heavy atom. The molecule has 1 fully saturated rings. The zero-order valence-electron chi connectivity index (χ0n) is 13.5. The van der Waals surface area contributed by atoms with Crippen LogP contribution >= 0.6 is 11.6 Å². The predicted octanol–water partition coefficient (Wildman–Crippen LogP) is 3.15. The first-order chi connectivity index (χ1) is 10.0. The van der Waals surface area contributed by atoms with Gasteiger partial charge in [0.2, 0.25) is 0 Å². The number of hydrogen-bond donors (Lipinski definition) is 1. The summed E-state index contributed by atoms with van der Waals surface area (Å²) < 4.78 is 0. The molecule has 2 rings (SSSR count). The average molecular weight is 310 g/mol. The number of anilines is 1. The Kier molecular flexibility index (Phi) is 5.91. The van der Waals surface area contributed by atoms with Gasteiger partial charge in [0.1, 0.15) is 0 Å². The molecule has 0 bridgehead atoms. The fraction of sp³-hybridized carbons (Fsp3) is 0.647. The fourth-order valence-corrected chi connectivity index (χ4v) is 3.32. The van der Waals surface area contributed by atoms with Gasteiger partial charge in [-0.3, -0.25) is 0 Å². The summed E-state index contributed by atoms with van der Waals surface area (Å²) in [5.41, 5.74) is 8.65. The summed E-state index contributed by atoms with van der Waals surface area (Å²) in [5.74, 6) is 0. The van der Waals surface area contributed by atoms with Gasteiger partial charge in [0.05, 0.1) is 0 Å². The minimum atomic E-state index is 0.183. The van der Waals surface area contributed by atoms with E-state index in [1.54, 1.807) is 0 Å². The number of rotatable bonds is 5. The summed E-state index contributed by atoms with van der Waals surface area (Å²) in [4.78, 5) is 4.81. The Hall–Kier alpha value is -0.770. The third kappa shape index (κ3) is 4.12. The largest absolute Gasteiger partial charge is 0.371 e. The molecule has 0 radical (unpaired) electrons. The van der Waals surface area contributed by atoms with E-state index in [0.717, 1.165) is 31.0 Å². The first kappa shape index (κ1) is 16.6. The van der Waals surface area contributed by atoms with Crippen LogP contribution in [0.4, 0.5) is 5.69 Å². The number of hydrogen-bond acceptors (Lipinski definition) is 3. The molecule has 21 heavy (non-hydrogen) atoms. The Labute approximate surface area is 134 Å². The highest BCUT2D eigenvalue weighted by atomic mass is 35.5. The number of nitrogens with zero attached hydrogens (tertiary/aromatic N) is 2. The van der Waals surface area contributed by atoms with E-state index in [2.05, 4.69) is 43.0 Å². The number of nitrogens with two attached hydrogens (primary N) is 1. The molecule has 1 atom stereocenters. The van der Waals surface area contributed by atoms with Crippen molar-refractivity contribution >= 4 is 17.3 Å². The molecular formula is C17H28ClN3. The van der Waals surface area contributed by atoms with Gasteiger partial charge in [-0.05, 0) is 57.5 Å². The number of benzene rings is 1. The van der Waals surface area contributed by atoms with Crippen molar-refractivity contribution in [2.45, 2.75) is 44.7 Å². The van der Waals surface area contributed by atoms with Gasteiger partial charge in [0.25, 0.3) is 0 Å². The lowest BCUT2D eigenvalue weighted by Gasteiger charge is -2.37. The summed E-state index contributed by atoms with van der Waals surface area (Å²) in [6, 6.07) is 7.11. The maximum Gasteiger partial charge on any atom is 0.0459 e. The van der Waals surface area contributed by atoms with Gasteiger partial charge in [0, 0.05) is 35.9 Å². The van der Waals surface area contributed by atoms with Gasteiger partial charge in [-0.1, -0.05) is 24.6 Å². The highest BCUT2D eigenvalue weighted by molar-refractivity contribution is 6.31. The molecule has 1 aliphatic heterocycles. The lowest BCUT2D eigenvalue weighted by atomic mass is 9.99. The molecule has 0 amide bonds. The quantitative estimate of drug-likeness (QED) is 0.907. The van der Waals surface area contributed by atoms with E-state index in [1.165, 1.54) is 24.1 Å². The minimum absolute atomic E-state index is 0.183. The van der Waals surface area contributed by atoms with Crippen LogP contribution in [0.2, 0.25) is 5.02 Å². The molecule has 1 aromatic rings. The van der Waals surface area contributed by atoms with Crippen molar-refractivity contribution in [1.29, 1.82) is 0 Å². The van der Waals surface area contributed by atoms with Crippen LogP contribution in [0.5, 0.6) is 0 Å². The second-order valence-corrected chi connectivity index (χ2v) is 6.70. The lowest BCUT2D eigenvalue weighted by Crippen LogP contribution is -2.42. The van der Waals surface area contributed by atoms with Gasteiger partial charge in [-0.15, -0.1) is 0 Å². The van der Waals surface area contributed by atoms with Crippen molar-refractivity contribution in [3.8, 4) is 0 Å². The minimum Gasteiger partial charge on any atom is -0.371 e. The van der Waals surface area contributed by atoms with Gasteiger partial charge >= 0.3 is 0 Å². The molecule has 1 aromatic carbocycles. The predicted molar refractivity (Wildman–Crippen MR) is 92.3 cm³/mol. The van der Waals surface area contributed by atoms with Crippen LogP contribution in [-0.2, 0) is 6.42 Å². The Balaban J connectivity index is 2.15. The second kappa shape index (κ2) is 7.48. The van der Waals surface area contributed by atoms with Gasteiger partial charge in [0.15, 0.2) is 0 Å². The second-order valence-electron chi connectivity index (χ2n) is 6.29. The number of halogens is 1. The van der Waals surface area contributed by atoms with Crippen LogP contribution < -0.4 is 10.6 Å². The Morgan fingerprint density at radius 3 is 2.57 bits per heavy atom. The molecule has 0 spiro atoms. The van der Waals surface area contributed by atoms with Gasteiger partial charge in [-0.25, -0.2) is 0 Å². The van der Waals surface area contributed by atoms with Gasteiger partial charge in [-0.2, -0.15) is 0 Å². The standard InChI is InChI=1S/C17H28ClN3/c1-4-13(19)12-15-16(18)6-5-7-17(15)21-10-8-14(9-11-21)20(2)3/h5-7,13-14H,4,8-12,19H2,1-3H3. The van der Waals surface area contributed by atoms with E-state index in [9.17, 15) is 0 Å². The molecule has 1 aliphatic rings. The lowest BCUT2D eigenvalue weighted by molar-refractivity contribution is 0.249. The SMILES string of the molecule is CCC(N)Cc1c(Cl)cccc1N1CCC(N(C)C)CC1. The molecule has 1 saturated heterocycles. The van der Waals surface area contributed by atoms with Crippen molar-refractivity contribution in [2.24, 2.45) is 5.73 Å². The number of piperidine rings is 1. The van der Waals surface area contributed by atoms with Crippen LogP contribution in [0.25, 0.3) is 0 Å². The molecular weight excluding hydrogens is 282 g/mol.